The first-order chi connectivity index (χ1) is 8.95. The van der Waals surface area contributed by atoms with E-state index in [0.29, 0.717) is 23.4 Å². The zero-order valence-corrected chi connectivity index (χ0v) is 11.0. The van der Waals surface area contributed by atoms with Gasteiger partial charge in [-0.25, -0.2) is 0 Å². The van der Waals surface area contributed by atoms with E-state index in [1.54, 1.807) is 25.1 Å². The van der Waals surface area contributed by atoms with Crippen molar-refractivity contribution in [3.63, 3.8) is 0 Å². The Morgan fingerprint density at radius 1 is 1.47 bits per heavy atom. The van der Waals surface area contributed by atoms with Gasteiger partial charge >= 0.3 is 5.97 Å². The van der Waals surface area contributed by atoms with Crippen molar-refractivity contribution in [3.8, 4) is 5.75 Å². The van der Waals surface area contributed by atoms with Gasteiger partial charge in [-0.15, -0.1) is 0 Å². The lowest BCUT2D eigenvalue weighted by Crippen LogP contribution is -2.27. The van der Waals surface area contributed by atoms with Crippen LogP contribution in [-0.2, 0) is 4.79 Å². The molecule has 4 N–H and O–H groups in total. The minimum atomic E-state index is -0.879. The van der Waals surface area contributed by atoms with Gasteiger partial charge in [-0.05, 0) is 24.6 Å². The summed E-state index contributed by atoms with van der Waals surface area (Å²) < 4.78 is 5.02. The summed E-state index contributed by atoms with van der Waals surface area (Å²) in [6.45, 7) is 1.87. The minimum Gasteiger partial charge on any atom is -0.497 e. The monoisotopic (exact) mass is 266 g/mol. The molecule has 0 spiro atoms. The Kier molecular flexibility index (Phi) is 5.17. The second-order valence-corrected chi connectivity index (χ2v) is 4.24. The van der Waals surface area contributed by atoms with Crippen LogP contribution in [-0.4, -0.2) is 30.6 Å². The van der Waals surface area contributed by atoms with Crippen molar-refractivity contribution < 1.29 is 19.4 Å². The molecule has 1 rings (SSSR count). The topological polar surface area (TPSA) is 102 Å². The number of carbonyl (C=O) groups is 2. The van der Waals surface area contributed by atoms with Gasteiger partial charge in [0.15, 0.2) is 0 Å². The largest absolute Gasteiger partial charge is 0.497 e. The van der Waals surface area contributed by atoms with E-state index in [4.69, 9.17) is 15.6 Å². The van der Waals surface area contributed by atoms with Gasteiger partial charge in [0.05, 0.1) is 18.6 Å². The molecule has 1 amide bonds. The van der Waals surface area contributed by atoms with Gasteiger partial charge in [-0.1, -0.05) is 6.92 Å². The van der Waals surface area contributed by atoms with Crippen molar-refractivity contribution in [2.75, 3.05) is 19.4 Å². The molecule has 0 aliphatic heterocycles. The normalized spacial score (nSPS) is 11.7. The quantitative estimate of drug-likeness (QED) is 0.670. The second-order valence-electron chi connectivity index (χ2n) is 4.24. The van der Waals surface area contributed by atoms with Crippen LogP contribution in [0.4, 0.5) is 5.69 Å². The number of carbonyl (C=O) groups excluding carboxylic acids is 1. The minimum absolute atomic E-state index is 0.281. The lowest BCUT2D eigenvalue weighted by Gasteiger charge is -2.10. The molecular weight excluding hydrogens is 248 g/mol. The molecule has 6 nitrogen and oxygen atoms in total. The number of rotatable bonds is 6. The molecule has 0 heterocycles. The molecule has 19 heavy (non-hydrogen) atoms. The van der Waals surface area contributed by atoms with E-state index in [1.807, 2.05) is 0 Å². The predicted molar refractivity (Wildman–Crippen MR) is 71.2 cm³/mol. The number of amides is 1. The van der Waals surface area contributed by atoms with Crippen LogP contribution in [0.2, 0.25) is 0 Å². The van der Waals surface area contributed by atoms with E-state index in [2.05, 4.69) is 5.32 Å². The highest BCUT2D eigenvalue weighted by Crippen LogP contribution is 2.19. The predicted octanol–water partition coefficient (Wildman–Crippen LogP) is 1.12. The van der Waals surface area contributed by atoms with Crippen LogP contribution in [0.5, 0.6) is 5.75 Å². The molecule has 0 fully saturated rings. The number of ether oxygens (including phenoxy) is 1. The highest BCUT2D eigenvalue weighted by atomic mass is 16.5. The number of carboxylic acid groups (broad SMARTS) is 1. The maximum atomic E-state index is 11.9. The number of nitrogens with one attached hydrogen (secondary N) is 1. The van der Waals surface area contributed by atoms with Crippen LogP contribution < -0.4 is 15.8 Å². The maximum Gasteiger partial charge on any atom is 0.306 e. The fourth-order valence-electron chi connectivity index (χ4n) is 1.48. The first-order valence-corrected chi connectivity index (χ1v) is 5.90. The van der Waals surface area contributed by atoms with E-state index >= 15 is 0 Å². The van der Waals surface area contributed by atoms with Crippen molar-refractivity contribution in [2.24, 2.45) is 5.92 Å². The SMILES string of the molecule is COc1ccc(N)c(C(=O)NCCC(C)C(=O)O)c1. The number of carboxylic acids is 1. The summed E-state index contributed by atoms with van der Waals surface area (Å²) in [6, 6.07) is 4.80. The Hall–Kier alpha value is -2.24. The van der Waals surface area contributed by atoms with Crippen molar-refractivity contribution in [1.29, 1.82) is 0 Å². The van der Waals surface area contributed by atoms with Gasteiger partial charge in [0, 0.05) is 12.2 Å². The molecule has 1 atom stereocenters. The molecule has 0 saturated heterocycles. The molecule has 1 aromatic carbocycles. The van der Waals surface area contributed by atoms with Gasteiger partial charge in [0.2, 0.25) is 0 Å². The molecule has 1 aromatic rings. The molecule has 0 saturated carbocycles. The summed E-state index contributed by atoms with van der Waals surface area (Å²) >= 11 is 0. The molecular formula is C13H18N2O4. The van der Waals surface area contributed by atoms with Crippen molar-refractivity contribution >= 4 is 17.6 Å². The highest BCUT2D eigenvalue weighted by Gasteiger charge is 2.13. The van der Waals surface area contributed by atoms with Gasteiger partial charge in [-0.2, -0.15) is 0 Å². The summed E-state index contributed by atoms with van der Waals surface area (Å²) in [5, 5.41) is 11.4. The number of nitrogens with two attached hydrogens (primary N) is 1. The fraction of sp³-hybridized carbons (Fsp3) is 0.385. The zero-order chi connectivity index (χ0) is 14.4. The first-order valence-electron chi connectivity index (χ1n) is 5.90. The molecule has 0 bridgehead atoms. The number of nitrogen functional groups attached to an aromatic ring is 1. The van der Waals surface area contributed by atoms with Crippen LogP contribution in [0.25, 0.3) is 0 Å². The van der Waals surface area contributed by atoms with Crippen LogP contribution in [0.15, 0.2) is 18.2 Å². The lowest BCUT2D eigenvalue weighted by molar-refractivity contribution is -0.141. The Labute approximate surface area is 111 Å². The third kappa shape index (κ3) is 4.17. The molecule has 0 aliphatic carbocycles. The number of hydrogen-bond donors (Lipinski definition) is 3. The van der Waals surface area contributed by atoms with Crippen LogP contribution in [0, 0.1) is 5.92 Å². The van der Waals surface area contributed by atoms with Crippen molar-refractivity contribution in [2.45, 2.75) is 13.3 Å². The third-order valence-electron chi connectivity index (χ3n) is 2.79. The van der Waals surface area contributed by atoms with E-state index in [9.17, 15) is 9.59 Å². The summed E-state index contributed by atoms with van der Waals surface area (Å²) in [6.07, 6.45) is 0.366. The average molecular weight is 266 g/mol. The van der Waals surface area contributed by atoms with Crippen LogP contribution in [0.3, 0.4) is 0 Å². The summed E-state index contributed by atoms with van der Waals surface area (Å²) in [5.74, 6) is -1.18. The average Bonchev–Trinajstić information content (AvgIpc) is 2.38. The number of hydrogen-bond acceptors (Lipinski definition) is 4. The summed E-state index contributed by atoms with van der Waals surface area (Å²) in [4.78, 5) is 22.5. The molecule has 0 aliphatic rings. The zero-order valence-electron chi connectivity index (χ0n) is 11.0. The lowest BCUT2D eigenvalue weighted by atomic mass is 10.1. The van der Waals surface area contributed by atoms with E-state index in [1.165, 1.54) is 7.11 Å². The smallest absolute Gasteiger partial charge is 0.306 e. The maximum absolute atomic E-state index is 11.9. The molecule has 0 radical (unpaired) electrons. The third-order valence-corrected chi connectivity index (χ3v) is 2.79. The summed E-state index contributed by atoms with van der Waals surface area (Å²) in [5.41, 5.74) is 6.39. The number of anilines is 1. The van der Waals surface area contributed by atoms with Crippen LogP contribution >= 0.6 is 0 Å². The molecule has 1 unspecified atom stereocenters. The van der Waals surface area contributed by atoms with Gasteiger partial charge in [0.25, 0.3) is 5.91 Å². The van der Waals surface area contributed by atoms with E-state index in [-0.39, 0.29) is 12.5 Å². The van der Waals surface area contributed by atoms with E-state index in [0.717, 1.165) is 0 Å². The highest BCUT2D eigenvalue weighted by molar-refractivity contribution is 5.99. The molecule has 104 valence electrons. The second kappa shape index (κ2) is 6.63. The van der Waals surface area contributed by atoms with Crippen molar-refractivity contribution in [1.82, 2.24) is 5.32 Å². The molecule has 6 heteroatoms. The number of methoxy groups -OCH3 is 1. The summed E-state index contributed by atoms with van der Waals surface area (Å²) in [7, 11) is 1.50. The van der Waals surface area contributed by atoms with Gasteiger partial charge in [0.1, 0.15) is 5.75 Å². The Balaban J connectivity index is 2.61. The molecule has 0 aromatic heterocycles. The fourth-order valence-corrected chi connectivity index (χ4v) is 1.48. The van der Waals surface area contributed by atoms with E-state index < -0.39 is 11.9 Å². The Morgan fingerprint density at radius 3 is 2.74 bits per heavy atom. The standard InChI is InChI=1S/C13H18N2O4/c1-8(13(17)18)5-6-15-12(16)10-7-9(19-2)3-4-11(10)14/h3-4,7-8H,5-6,14H2,1-2H3,(H,15,16)(H,17,18). The van der Waals surface area contributed by atoms with Crippen molar-refractivity contribution in [3.05, 3.63) is 23.8 Å². The first kappa shape index (κ1) is 14.8. The number of aliphatic carboxylic acids is 1. The van der Waals surface area contributed by atoms with Crippen LogP contribution in [0.1, 0.15) is 23.7 Å². The van der Waals surface area contributed by atoms with Gasteiger partial charge in [-0.3, -0.25) is 9.59 Å². The van der Waals surface area contributed by atoms with Gasteiger partial charge < -0.3 is 20.9 Å². The Bertz CT molecular complexity index is 474. The number of benzene rings is 1. The Morgan fingerprint density at radius 2 is 2.16 bits per heavy atom.